The molecule has 1 aromatic rings. The summed E-state index contributed by atoms with van der Waals surface area (Å²) in [4.78, 5) is 23.1. The summed E-state index contributed by atoms with van der Waals surface area (Å²) in [6.45, 7) is 2.19. The first-order valence-corrected chi connectivity index (χ1v) is 5.83. The van der Waals surface area contributed by atoms with Crippen LogP contribution in [0, 0.1) is 11.7 Å². The van der Waals surface area contributed by atoms with Crippen LogP contribution in [0.15, 0.2) is 18.2 Å². The molecule has 5 nitrogen and oxygen atoms in total. The molecule has 0 aliphatic rings. The van der Waals surface area contributed by atoms with Crippen LogP contribution in [0.4, 0.5) is 10.1 Å². The lowest BCUT2D eigenvalue weighted by atomic mass is 10.1. The Balaban J connectivity index is 0.00000361. The molecule has 0 saturated heterocycles. The first-order chi connectivity index (χ1) is 8.99. The Hall–Kier alpha value is -1.66. The Morgan fingerprint density at radius 1 is 1.40 bits per heavy atom. The molecule has 7 heteroatoms. The molecule has 1 rings (SSSR count). The van der Waals surface area contributed by atoms with Crippen LogP contribution in [0.2, 0.25) is 0 Å². The summed E-state index contributed by atoms with van der Waals surface area (Å²) < 4.78 is 18.1. The van der Waals surface area contributed by atoms with E-state index in [1.54, 1.807) is 14.0 Å². The van der Waals surface area contributed by atoms with E-state index in [2.05, 4.69) is 15.4 Å². The summed E-state index contributed by atoms with van der Waals surface area (Å²) in [5.74, 6) is -1.82. The lowest BCUT2D eigenvalue weighted by molar-refractivity contribution is -0.119. The number of nitrogens with one attached hydrogen (secondary N) is 2. The third-order valence-electron chi connectivity index (χ3n) is 2.60. The van der Waals surface area contributed by atoms with Crippen LogP contribution in [0.25, 0.3) is 0 Å². The van der Waals surface area contributed by atoms with Gasteiger partial charge in [-0.2, -0.15) is 0 Å². The van der Waals surface area contributed by atoms with E-state index >= 15 is 0 Å². The van der Waals surface area contributed by atoms with Gasteiger partial charge in [-0.1, -0.05) is 6.92 Å². The number of hydrogen-bond donors (Lipinski definition) is 2. The van der Waals surface area contributed by atoms with Crippen LogP contribution in [-0.2, 0) is 9.53 Å². The van der Waals surface area contributed by atoms with Crippen LogP contribution in [0.5, 0.6) is 0 Å². The Labute approximate surface area is 123 Å². The summed E-state index contributed by atoms with van der Waals surface area (Å²) in [5, 5.41) is 5.31. The number of carbonyl (C=O) groups is 2. The minimum Gasteiger partial charge on any atom is -0.465 e. The largest absolute Gasteiger partial charge is 0.465 e. The number of halogens is 2. The van der Waals surface area contributed by atoms with Crippen molar-refractivity contribution in [2.75, 3.05) is 26.0 Å². The summed E-state index contributed by atoms with van der Waals surface area (Å²) in [5.41, 5.74) is 0.149. The van der Waals surface area contributed by atoms with Crippen molar-refractivity contribution in [2.45, 2.75) is 6.92 Å². The summed E-state index contributed by atoms with van der Waals surface area (Å²) >= 11 is 0. The maximum absolute atomic E-state index is 13.6. The van der Waals surface area contributed by atoms with Gasteiger partial charge in [0.15, 0.2) is 0 Å². The fraction of sp³-hybridized carbons (Fsp3) is 0.385. The number of methoxy groups -OCH3 is 1. The Kier molecular flexibility index (Phi) is 7.79. The van der Waals surface area contributed by atoms with E-state index in [1.807, 2.05) is 0 Å². The standard InChI is InChI=1S/C13H17FN2O3.ClH/c1-8(7-15-2)12(17)16-11-6-9(13(18)19-3)4-5-10(11)14;/h4-6,8,15H,7H2,1-3H3,(H,16,17);1H. The van der Waals surface area contributed by atoms with E-state index in [9.17, 15) is 14.0 Å². The van der Waals surface area contributed by atoms with Gasteiger partial charge in [0.25, 0.3) is 0 Å². The maximum Gasteiger partial charge on any atom is 0.337 e. The minimum atomic E-state index is -0.599. The fourth-order valence-corrected chi connectivity index (χ4v) is 1.52. The number of benzene rings is 1. The van der Waals surface area contributed by atoms with Crippen molar-refractivity contribution in [2.24, 2.45) is 5.92 Å². The second-order valence-corrected chi connectivity index (χ2v) is 4.13. The van der Waals surface area contributed by atoms with Gasteiger partial charge in [-0.05, 0) is 25.2 Å². The zero-order valence-corrected chi connectivity index (χ0v) is 12.3. The minimum absolute atomic E-state index is 0. The van der Waals surface area contributed by atoms with Gasteiger partial charge >= 0.3 is 5.97 Å². The van der Waals surface area contributed by atoms with Crippen molar-refractivity contribution in [3.63, 3.8) is 0 Å². The van der Waals surface area contributed by atoms with E-state index < -0.39 is 11.8 Å². The van der Waals surface area contributed by atoms with E-state index in [-0.39, 0.29) is 35.5 Å². The van der Waals surface area contributed by atoms with E-state index in [1.165, 1.54) is 19.2 Å². The van der Waals surface area contributed by atoms with Gasteiger partial charge in [-0.15, -0.1) is 12.4 Å². The van der Waals surface area contributed by atoms with Gasteiger partial charge in [-0.25, -0.2) is 9.18 Å². The van der Waals surface area contributed by atoms with Crippen LogP contribution < -0.4 is 10.6 Å². The topological polar surface area (TPSA) is 67.4 Å². The molecule has 1 aromatic carbocycles. The van der Waals surface area contributed by atoms with Crippen molar-refractivity contribution in [3.05, 3.63) is 29.6 Å². The molecule has 1 amide bonds. The van der Waals surface area contributed by atoms with Gasteiger partial charge in [0.2, 0.25) is 5.91 Å². The number of ether oxygens (including phenoxy) is 1. The average molecular weight is 305 g/mol. The van der Waals surface area contributed by atoms with Gasteiger partial charge in [0.1, 0.15) is 5.82 Å². The number of rotatable bonds is 5. The second-order valence-electron chi connectivity index (χ2n) is 4.13. The van der Waals surface area contributed by atoms with Gasteiger partial charge in [0, 0.05) is 12.5 Å². The Bertz CT molecular complexity index is 483. The molecule has 0 radical (unpaired) electrons. The highest BCUT2D eigenvalue weighted by atomic mass is 35.5. The molecule has 20 heavy (non-hydrogen) atoms. The third kappa shape index (κ3) is 4.79. The van der Waals surface area contributed by atoms with Crippen LogP contribution in [0.3, 0.4) is 0 Å². The Morgan fingerprint density at radius 3 is 2.60 bits per heavy atom. The number of anilines is 1. The molecule has 0 spiro atoms. The predicted octanol–water partition coefficient (Wildman–Crippen LogP) is 1.83. The lowest BCUT2D eigenvalue weighted by Gasteiger charge is -2.12. The third-order valence-corrected chi connectivity index (χ3v) is 2.60. The van der Waals surface area contributed by atoms with Crippen LogP contribution >= 0.6 is 12.4 Å². The molecule has 112 valence electrons. The van der Waals surface area contributed by atoms with Crippen molar-refractivity contribution in [3.8, 4) is 0 Å². The highest BCUT2D eigenvalue weighted by Gasteiger charge is 2.15. The molecule has 0 bridgehead atoms. The smallest absolute Gasteiger partial charge is 0.337 e. The van der Waals surface area contributed by atoms with Crippen LogP contribution in [-0.4, -0.2) is 32.6 Å². The zero-order chi connectivity index (χ0) is 14.4. The van der Waals surface area contributed by atoms with Gasteiger partial charge in [-0.3, -0.25) is 4.79 Å². The number of esters is 1. The first-order valence-electron chi connectivity index (χ1n) is 5.83. The Morgan fingerprint density at radius 2 is 2.05 bits per heavy atom. The summed E-state index contributed by atoms with van der Waals surface area (Å²) in [7, 11) is 2.96. The first kappa shape index (κ1) is 18.3. The number of amides is 1. The molecule has 1 unspecified atom stereocenters. The maximum atomic E-state index is 13.6. The van der Waals surface area contributed by atoms with Crippen molar-refractivity contribution >= 4 is 30.0 Å². The fourth-order valence-electron chi connectivity index (χ4n) is 1.52. The number of hydrogen-bond acceptors (Lipinski definition) is 4. The SMILES string of the molecule is CNCC(C)C(=O)Nc1cc(C(=O)OC)ccc1F.Cl. The molecule has 0 aromatic heterocycles. The lowest BCUT2D eigenvalue weighted by Crippen LogP contribution is -2.29. The highest BCUT2D eigenvalue weighted by molar-refractivity contribution is 5.95. The molecule has 2 N–H and O–H groups in total. The molecule has 0 fully saturated rings. The molecule has 1 atom stereocenters. The van der Waals surface area contributed by atoms with Crippen LogP contribution in [0.1, 0.15) is 17.3 Å². The number of carbonyl (C=O) groups excluding carboxylic acids is 2. The molecule has 0 aliphatic carbocycles. The predicted molar refractivity (Wildman–Crippen MR) is 76.7 cm³/mol. The molecule has 0 saturated carbocycles. The van der Waals surface area contributed by atoms with Crippen molar-refractivity contribution in [1.82, 2.24) is 5.32 Å². The van der Waals surface area contributed by atoms with Crippen molar-refractivity contribution < 1.29 is 18.7 Å². The molecule has 0 aliphatic heterocycles. The quantitative estimate of drug-likeness (QED) is 0.814. The van der Waals surface area contributed by atoms with E-state index in [0.717, 1.165) is 6.07 Å². The normalized spacial score (nSPS) is 11.2. The second kappa shape index (κ2) is 8.50. The average Bonchev–Trinajstić information content (AvgIpc) is 2.40. The van der Waals surface area contributed by atoms with E-state index in [0.29, 0.717) is 6.54 Å². The summed E-state index contributed by atoms with van der Waals surface area (Å²) in [6, 6.07) is 3.67. The van der Waals surface area contributed by atoms with Crippen molar-refractivity contribution in [1.29, 1.82) is 0 Å². The summed E-state index contributed by atoms with van der Waals surface area (Å²) in [6.07, 6.45) is 0. The van der Waals surface area contributed by atoms with Gasteiger partial charge in [0.05, 0.1) is 18.4 Å². The highest BCUT2D eigenvalue weighted by Crippen LogP contribution is 2.17. The van der Waals surface area contributed by atoms with E-state index in [4.69, 9.17) is 0 Å². The molecular weight excluding hydrogens is 287 g/mol. The monoisotopic (exact) mass is 304 g/mol. The van der Waals surface area contributed by atoms with Gasteiger partial charge < -0.3 is 15.4 Å². The molecule has 0 heterocycles. The molecular formula is C13H18ClFN2O3. The zero-order valence-electron chi connectivity index (χ0n) is 11.5.